The summed E-state index contributed by atoms with van der Waals surface area (Å²) < 4.78 is 5.83. The first kappa shape index (κ1) is 12.4. The van der Waals surface area contributed by atoms with Gasteiger partial charge in [-0.25, -0.2) is 0 Å². The summed E-state index contributed by atoms with van der Waals surface area (Å²) in [6.07, 6.45) is 2.45. The van der Waals surface area contributed by atoms with E-state index in [1.165, 1.54) is 0 Å². The van der Waals surface area contributed by atoms with Crippen LogP contribution in [-0.4, -0.2) is 12.5 Å². The summed E-state index contributed by atoms with van der Waals surface area (Å²) in [7, 11) is 0. The van der Waals surface area contributed by atoms with Crippen LogP contribution in [0, 0.1) is 0 Å². The second-order valence-electron chi connectivity index (χ2n) is 4.55. The summed E-state index contributed by atoms with van der Waals surface area (Å²) in [5.41, 5.74) is 9.79. The number of hydrogen-bond donors (Lipinski definition) is 2. The number of carbonyl (C=O) groups excluding carboxylic acids is 1. The largest absolute Gasteiger partial charge is 0.457 e. The molecule has 4 nitrogen and oxygen atoms in total. The van der Waals surface area contributed by atoms with Gasteiger partial charge in [-0.05, 0) is 45.6 Å². The Kier molecular flexibility index (Phi) is 3.16. The topological polar surface area (TPSA) is 68.3 Å². The van der Waals surface area contributed by atoms with Crippen LogP contribution < -0.4 is 11.1 Å². The van der Waals surface area contributed by atoms with Crippen LogP contribution in [0.25, 0.3) is 0 Å². The molecule has 1 aliphatic rings. The average Bonchev–Trinajstić information content (AvgIpc) is 2.84. The first-order chi connectivity index (χ1) is 9.16. The van der Waals surface area contributed by atoms with E-state index in [0.29, 0.717) is 11.2 Å². The van der Waals surface area contributed by atoms with E-state index in [1.807, 2.05) is 24.3 Å². The van der Waals surface area contributed by atoms with Gasteiger partial charge in [0.05, 0.1) is 12.3 Å². The Morgan fingerprint density at radius 1 is 1.37 bits per heavy atom. The molecule has 1 aromatic carbocycles. The van der Waals surface area contributed by atoms with E-state index in [1.54, 1.807) is 6.26 Å². The van der Waals surface area contributed by atoms with E-state index in [4.69, 9.17) is 10.2 Å². The molecule has 0 fully saturated rings. The molecule has 0 saturated heterocycles. The summed E-state index contributed by atoms with van der Waals surface area (Å²) in [6.45, 7) is 0.699. The number of rotatable bonds is 2. The highest BCUT2D eigenvalue weighted by atomic mass is 79.9. The van der Waals surface area contributed by atoms with Crippen molar-refractivity contribution in [3.8, 4) is 0 Å². The smallest absolute Gasteiger partial charge is 0.251 e. The predicted octanol–water partition coefficient (Wildman–Crippen LogP) is 2.38. The first-order valence-electron chi connectivity index (χ1n) is 6.06. The van der Waals surface area contributed by atoms with E-state index >= 15 is 0 Å². The molecule has 1 atom stereocenters. The summed E-state index contributed by atoms with van der Waals surface area (Å²) in [5, 5.41) is 2.84. The van der Waals surface area contributed by atoms with Crippen LogP contribution in [0.3, 0.4) is 0 Å². The molecule has 1 aromatic heterocycles. The predicted molar refractivity (Wildman–Crippen MR) is 74.9 cm³/mol. The van der Waals surface area contributed by atoms with Crippen molar-refractivity contribution in [3.63, 3.8) is 0 Å². The molecule has 5 heteroatoms. The highest BCUT2D eigenvalue weighted by molar-refractivity contribution is 9.10. The Balaban J connectivity index is 2.00. The summed E-state index contributed by atoms with van der Waals surface area (Å²) in [6, 6.07) is 7.34. The Labute approximate surface area is 119 Å². The summed E-state index contributed by atoms with van der Waals surface area (Å²) in [4.78, 5) is 11.8. The molecule has 19 heavy (non-hydrogen) atoms. The number of halogens is 1. The molecule has 98 valence electrons. The van der Waals surface area contributed by atoms with Gasteiger partial charge in [0, 0.05) is 17.7 Å². The van der Waals surface area contributed by atoms with Gasteiger partial charge in [-0.15, -0.1) is 0 Å². The van der Waals surface area contributed by atoms with Crippen molar-refractivity contribution in [2.75, 3.05) is 6.54 Å². The number of carbonyl (C=O) groups is 1. The molecule has 0 bridgehead atoms. The van der Waals surface area contributed by atoms with Gasteiger partial charge in [0.15, 0.2) is 4.67 Å². The van der Waals surface area contributed by atoms with E-state index in [9.17, 15) is 4.79 Å². The Bertz CT molecular complexity index is 636. The maximum Gasteiger partial charge on any atom is 0.251 e. The van der Waals surface area contributed by atoms with E-state index in [-0.39, 0.29) is 11.9 Å². The van der Waals surface area contributed by atoms with Crippen molar-refractivity contribution in [2.45, 2.75) is 12.5 Å². The lowest BCUT2D eigenvalue weighted by Crippen LogP contribution is -2.32. The number of hydrogen-bond acceptors (Lipinski definition) is 3. The highest BCUT2D eigenvalue weighted by Gasteiger charge is 2.20. The Morgan fingerprint density at radius 3 is 2.95 bits per heavy atom. The number of fused-ring (bicyclic) bond motifs is 1. The Hall–Kier alpha value is -1.59. The molecule has 2 aromatic rings. The lowest BCUT2D eigenvalue weighted by Gasteiger charge is -2.19. The third kappa shape index (κ3) is 2.19. The van der Waals surface area contributed by atoms with Crippen molar-refractivity contribution in [1.82, 2.24) is 5.32 Å². The molecule has 2 heterocycles. The van der Waals surface area contributed by atoms with Gasteiger partial charge in [0.1, 0.15) is 0 Å². The van der Waals surface area contributed by atoms with Crippen LogP contribution in [-0.2, 0) is 6.42 Å². The lowest BCUT2D eigenvalue weighted by atomic mass is 9.94. The maximum atomic E-state index is 11.8. The monoisotopic (exact) mass is 320 g/mol. The van der Waals surface area contributed by atoms with E-state index in [2.05, 4.69) is 21.2 Å². The van der Waals surface area contributed by atoms with Crippen molar-refractivity contribution >= 4 is 21.8 Å². The minimum atomic E-state index is -0.312. The molecule has 0 spiro atoms. The van der Waals surface area contributed by atoms with Crippen molar-refractivity contribution in [3.05, 3.63) is 57.5 Å². The minimum Gasteiger partial charge on any atom is -0.457 e. The number of furan rings is 1. The van der Waals surface area contributed by atoms with Gasteiger partial charge >= 0.3 is 0 Å². The van der Waals surface area contributed by atoms with Crippen LogP contribution in [0.5, 0.6) is 0 Å². The molecular weight excluding hydrogens is 308 g/mol. The minimum absolute atomic E-state index is 0.0263. The van der Waals surface area contributed by atoms with Gasteiger partial charge in [0.25, 0.3) is 5.91 Å². The van der Waals surface area contributed by atoms with Crippen molar-refractivity contribution in [1.29, 1.82) is 0 Å². The highest BCUT2D eigenvalue weighted by Crippen LogP contribution is 2.29. The van der Waals surface area contributed by atoms with Gasteiger partial charge in [-0.3, -0.25) is 4.79 Å². The molecular formula is C14H13BrN2O2. The van der Waals surface area contributed by atoms with Crippen molar-refractivity contribution in [2.24, 2.45) is 5.73 Å². The van der Waals surface area contributed by atoms with E-state index < -0.39 is 0 Å². The third-order valence-electron chi connectivity index (χ3n) is 3.40. The van der Waals surface area contributed by atoms with Crippen LogP contribution in [0.4, 0.5) is 0 Å². The molecule has 1 aliphatic heterocycles. The average molecular weight is 321 g/mol. The number of amides is 1. The van der Waals surface area contributed by atoms with Crippen molar-refractivity contribution < 1.29 is 9.21 Å². The molecule has 0 aliphatic carbocycles. The molecule has 0 saturated carbocycles. The van der Waals surface area contributed by atoms with Crippen LogP contribution in [0.15, 0.2) is 39.6 Å². The quantitative estimate of drug-likeness (QED) is 0.892. The molecule has 1 unspecified atom stereocenters. The number of benzene rings is 1. The van der Waals surface area contributed by atoms with E-state index in [0.717, 1.165) is 28.7 Å². The zero-order valence-corrected chi connectivity index (χ0v) is 11.7. The van der Waals surface area contributed by atoms with Gasteiger partial charge in [0.2, 0.25) is 0 Å². The van der Waals surface area contributed by atoms with Crippen LogP contribution in [0.1, 0.15) is 33.1 Å². The second-order valence-corrected chi connectivity index (χ2v) is 5.27. The summed E-state index contributed by atoms with van der Waals surface area (Å²) >= 11 is 3.32. The second kappa shape index (κ2) is 4.83. The number of nitrogens with one attached hydrogen (secondary N) is 1. The van der Waals surface area contributed by atoms with Crippen LogP contribution in [0.2, 0.25) is 0 Å². The van der Waals surface area contributed by atoms with Gasteiger partial charge in [-0.1, -0.05) is 12.1 Å². The fourth-order valence-electron chi connectivity index (χ4n) is 2.33. The lowest BCUT2D eigenvalue weighted by molar-refractivity contribution is 0.0946. The van der Waals surface area contributed by atoms with Crippen LogP contribution >= 0.6 is 15.9 Å². The van der Waals surface area contributed by atoms with Gasteiger partial charge < -0.3 is 15.5 Å². The SMILES string of the molecule is NC(c1ccc2c(c1)C(=O)NCC2)c1ccoc1Br. The zero-order chi connectivity index (χ0) is 13.4. The summed E-state index contributed by atoms with van der Waals surface area (Å²) in [5.74, 6) is -0.0263. The Morgan fingerprint density at radius 2 is 2.21 bits per heavy atom. The fraction of sp³-hybridized carbons (Fsp3) is 0.214. The zero-order valence-electron chi connectivity index (χ0n) is 10.2. The normalized spacial score (nSPS) is 15.8. The molecule has 3 rings (SSSR count). The standard InChI is InChI=1S/C14H13BrN2O2/c15-13-10(4-6-19-13)12(16)9-2-1-8-3-5-17-14(18)11(8)7-9/h1-2,4,6-7,12H,3,5,16H2,(H,17,18). The molecule has 3 N–H and O–H groups in total. The molecule has 0 radical (unpaired) electrons. The van der Waals surface area contributed by atoms with Gasteiger partial charge in [-0.2, -0.15) is 0 Å². The maximum absolute atomic E-state index is 11.8. The fourth-order valence-corrected chi connectivity index (χ4v) is 2.82. The first-order valence-corrected chi connectivity index (χ1v) is 6.85. The third-order valence-corrected chi connectivity index (χ3v) is 4.04. The number of nitrogens with two attached hydrogens (primary N) is 1. The molecule has 1 amide bonds.